The lowest BCUT2D eigenvalue weighted by molar-refractivity contribution is -0.137. The Hall–Kier alpha value is -2.93. The third-order valence-electron chi connectivity index (χ3n) is 3.67. The third-order valence-corrected chi connectivity index (χ3v) is 4.00. The number of aromatic amines is 1. The van der Waals surface area contributed by atoms with Crippen LogP contribution in [0.5, 0.6) is 5.75 Å². The van der Waals surface area contributed by atoms with Crippen LogP contribution in [0.2, 0.25) is 5.02 Å². The standard InChI is InChI=1S/C19H14ClF3N2O2/c20-16-7-6-13(10-15(16)19(21,22)23)25-18(26)11-27-14-4-1-3-12(9-14)17-5-2-8-24-17/h1-10,24H,11H2,(H,25,26). The first-order chi connectivity index (χ1) is 12.8. The fourth-order valence-electron chi connectivity index (χ4n) is 2.43. The molecule has 0 fully saturated rings. The van der Waals surface area contributed by atoms with Gasteiger partial charge in [-0.05, 0) is 42.5 Å². The van der Waals surface area contributed by atoms with Gasteiger partial charge in [-0.15, -0.1) is 0 Å². The summed E-state index contributed by atoms with van der Waals surface area (Å²) in [6.45, 7) is -0.349. The number of carbonyl (C=O) groups is 1. The Bertz CT molecular complexity index is 940. The van der Waals surface area contributed by atoms with Crippen molar-refractivity contribution in [1.82, 2.24) is 4.98 Å². The summed E-state index contributed by atoms with van der Waals surface area (Å²) >= 11 is 5.56. The SMILES string of the molecule is O=C(COc1cccc(-c2ccc[nH]2)c1)Nc1ccc(Cl)c(C(F)(F)F)c1. The first-order valence-corrected chi connectivity index (χ1v) is 8.24. The van der Waals surface area contributed by atoms with E-state index in [-0.39, 0.29) is 12.3 Å². The van der Waals surface area contributed by atoms with Crippen LogP contribution >= 0.6 is 11.6 Å². The molecule has 0 saturated heterocycles. The zero-order valence-corrected chi connectivity index (χ0v) is 14.6. The fourth-order valence-corrected chi connectivity index (χ4v) is 2.65. The minimum Gasteiger partial charge on any atom is -0.484 e. The minimum absolute atomic E-state index is 0.0135. The molecule has 2 aromatic carbocycles. The Kier molecular flexibility index (Phi) is 5.41. The van der Waals surface area contributed by atoms with Crippen LogP contribution in [0, 0.1) is 0 Å². The molecule has 0 spiro atoms. The molecule has 1 amide bonds. The normalized spacial score (nSPS) is 11.3. The number of anilines is 1. The Morgan fingerprint density at radius 2 is 1.93 bits per heavy atom. The molecule has 140 valence electrons. The zero-order valence-electron chi connectivity index (χ0n) is 13.8. The van der Waals surface area contributed by atoms with Crippen molar-refractivity contribution in [2.75, 3.05) is 11.9 Å². The van der Waals surface area contributed by atoms with Gasteiger partial charge in [0.15, 0.2) is 6.61 Å². The molecule has 0 aliphatic carbocycles. The average Bonchev–Trinajstić information content (AvgIpc) is 3.16. The minimum atomic E-state index is -4.60. The molecule has 0 aliphatic heterocycles. The van der Waals surface area contributed by atoms with Gasteiger partial charge in [-0.25, -0.2) is 0 Å². The van der Waals surface area contributed by atoms with Crippen molar-refractivity contribution < 1.29 is 22.7 Å². The van der Waals surface area contributed by atoms with Gasteiger partial charge in [0, 0.05) is 23.1 Å². The number of alkyl halides is 3. The van der Waals surface area contributed by atoms with E-state index in [0.29, 0.717) is 5.75 Å². The maximum atomic E-state index is 12.9. The molecule has 27 heavy (non-hydrogen) atoms. The highest BCUT2D eigenvalue weighted by Gasteiger charge is 2.33. The van der Waals surface area contributed by atoms with Crippen molar-refractivity contribution in [1.29, 1.82) is 0 Å². The van der Waals surface area contributed by atoms with E-state index in [1.165, 1.54) is 6.07 Å². The van der Waals surface area contributed by atoms with E-state index >= 15 is 0 Å². The largest absolute Gasteiger partial charge is 0.484 e. The third kappa shape index (κ3) is 4.83. The van der Waals surface area contributed by atoms with Crippen LogP contribution in [0.4, 0.5) is 18.9 Å². The van der Waals surface area contributed by atoms with Crippen LogP contribution in [0.1, 0.15) is 5.56 Å². The first-order valence-electron chi connectivity index (χ1n) is 7.86. The molecule has 0 radical (unpaired) electrons. The highest BCUT2D eigenvalue weighted by Crippen LogP contribution is 2.36. The molecule has 8 heteroatoms. The number of carbonyl (C=O) groups excluding carboxylic acids is 1. The summed E-state index contributed by atoms with van der Waals surface area (Å²) in [5, 5.41) is 1.93. The Labute approximate surface area is 157 Å². The number of aromatic nitrogens is 1. The molecule has 3 aromatic rings. The predicted octanol–water partition coefficient (Wildman–Crippen LogP) is 5.37. The number of rotatable bonds is 5. The van der Waals surface area contributed by atoms with Crippen LogP contribution in [-0.2, 0) is 11.0 Å². The van der Waals surface area contributed by atoms with Crippen LogP contribution in [0.15, 0.2) is 60.8 Å². The lowest BCUT2D eigenvalue weighted by Crippen LogP contribution is -2.20. The van der Waals surface area contributed by atoms with Crippen LogP contribution in [0.25, 0.3) is 11.3 Å². The summed E-state index contributed by atoms with van der Waals surface area (Å²) in [5.74, 6) is -0.125. The van der Waals surface area contributed by atoms with Gasteiger partial charge < -0.3 is 15.0 Å². The predicted molar refractivity (Wildman–Crippen MR) is 96.8 cm³/mol. The van der Waals surface area contributed by atoms with E-state index in [4.69, 9.17) is 16.3 Å². The number of benzene rings is 2. The van der Waals surface area contributed by atoms with Crippen molar-refractivity contribution in [2.24, 2.45) is 0 Å². The van der Waals surface area contributed by atoms with E-state index in [2.05, 4.69) is 10.3 Å². The van der Waals surface area contributed by atoms with Crippen molar-refractivity contribution in [3.05, 3.63) is 71.4 Å². The maximum Gasteiger partial charge on any atom is 0.417 e. The van der Waals surface area contributed by atoms with Crippen molar-refractivity contribution in [2.45, 2.75) is 6.18 Å². The molecule has 0 aliphatic rings. The molecule has 3 rings (SSSR count). The number of ether oxygens (including phenoxy) is 1. The lowest BCUT2D eigenvalue weighted by atomic mass is 10.1. The molecule has 1 aromatic heterocycles. The molecule has 2 N–H and O–H groups in total. The molecule has 0 bridgehead atoms. The Morgan fingerprint density at radius 1 is 1.11 bits per heavy atom. The van der Waals surface area contributed by atoms with Crippen molar-refractivity contribution in [3.63, 3.8) is 0 Å². The van der Waals surface area contributed by atoms with Gasteiger partial charge in [-0.1, -0.05) is 23.7 Å². The number of H-pyrrole nitrogens is 1. The number of hydrogen-bond acceptors (Lipinski definition) is 2. The van der Waals surface area contributed by atoms with Gasteiger partial charge in [0.25, 0.3) is 5.91 Å². The summed E-state index contributed by atoms with van der Waals surface area (Å²) in [5.41, 5.74) is 0.748. The summed E-state index contributed by atoms with van der Waals surface area (Å²) < 4.78 is 44.0. The maximum absolute atomic E-state index is 12.9. The smallest absolute Gasteiger partial charge is 0.417 e. The van der Waals surface area contributed by atoms with E-state index in [1.807, 2.05) is 18.2 Å². The van der Waals surface area contributed by atoms with Crippen molar-refractivity contribution in [3.8, 4) is 17.0 Å². The van der Waals surface area contributed by atoms with Gasteiger partial charge in [0.1, 0.15) is 5.75 Å². The highest BCUT2D eigenvalue weighted by atomic mass is 35.5. The number of hydrogen-bond donors (Lipinski definition) is 2. The molecule has 4 nitrogen and oxygen atoms in total. The quantitative estimate of drug-likeness (QED) is 0.611. The van der Waals surface area contributed by atoms with E-state index in [1.54, 1.807) is 24.4 Å². The first kappa shape index (κ1) is 18.8. The van der Waals surface area contributed by atoms with E-state index < -0.39 is 22.7 Å². The second-order valence-electron chi connectivity index (χ2n) is 5.64. The number of nitrogens with one attached hydrogen (secondary N) is 2. The van der Waals surface area contributed by atoms with Gasteiger partial charge in [-0.3, -0.25) is 4.79 Å². The second-order valence-corrected chi connectivity index (χ2v) is 6.05. The molecule has 0 atom stereocenters. The summed E-state index contributed by atoms with van der Waals surface area (Å²) in [6.07, 6.45) is -2.82. The molecule has 1 heterocycles. The van der Waals surface area contributed by atoms with Crippen LogP contribution in [-0.4, -0.2) is 17.5 Å². The summed E-state index contributed by atoms with van der Waals surface area (Å²) in [6, 6.07) is 14.0. The molecular formula is C19H14ClF3N2O2. The Morgan fingerprint density at radius 3 is 2.63 bits per heavy atom. The fraction of sp³-hybridized carbons (Fsp3) is 0.105. The van der Waals surface area contributed by atoms with Crippen LogP contribution in [0.3, 0.4) is 0 Å². The molecule has 0 unspecified atom stereocenters. The number of amides is 1. The second kappa shape index (κ2) is 7.75. The average molecular weight is 395 g/mol. The monoisotopic (exact) mass is 394 g/mol. The van der Waals surface area contributed by atoms with Gasteiger partial charge in [0.2, 0.25) is 0 Å². The number of halogens is 4. The zero-order chi connectivity index (χ0) is 19.4. The van der Waals surface area contributed by atoms with Crippen LogP contribution < -0.4 is 10.1 Å². The molecule has 0 saturated carbocycles. The summed E-state index contributed by atoms with van der Waals surface area (Å²) in [7, 11) is 0. The topological polar surface area (TPSA) is 54.1 Å². The lowest BCUT2D eigenvalue weighted by Gasteiger charge is -2.12. The van der Waals surface area contributed by atoms with E-state index in [0.717, 1.165) is 23.4 Å². The Balaban J connectivity index is 1.63. The summed E-state index contributed by atoms with van der Waals surface area (Å²) in [4.78, 5) is 15.1. The van der Waals surface area contributed by atoms with Gasteiger partial charge >= 0.3 is 6.18 Å². The highest BCUT2D eigenvalue weighted by molar-refractivity contribution is 6.31. The molecular weight excluding hydrogens is 381 g/mol. The van der Waals surface area contributed by atoms with Gasteiger partial charge in [-0.2, -0.15) is 13.2 Å². The van der Waals surface area contributed by atoms with Crippen molar-refractivity contribution >= 4 is 23.2 Å². The van der Waals surface area contributed by atoms with E-state index in [9.17, 15) is 18.0 Å². The van der Waals surface area contributed by atoms with Gasteiger partial charge in [0.05, 0.1) is 10.6 Å².